The largest absolute Gasteiger partial charge is 0.507 e. The van der Waals surface area contributed by atoms with Gasteiger partial charge in [-0.2, -0.15) is 0 Å². The summed E-state index contributed by atoms with van der Waals surface area (Å²) in [5.41, 5.74) is 1.26. The summed E-state index contributed by atoms with van der Waals surface area (Å²) in [5, 5.41) is 21.1. The number of carboxylic acid groups (broad SMARTS) is 1. The highest BCUT2D eigenvalue weighted by Crippen LogP contribution is 2.28. The predicted molar refractivity (Wildman–Crippen MR) is 107 cm³/mol. The lowest BCUT2D eigenvalue weighted by atomic mass is 10.1. The number of benzene rings is 2. The molecule has 8 nitrogen and oxygen atoms in total. The Morgan fingerprint density at radius 3 is 2.34 bits per heavy atom. The molecule has 29 heavy (non-hydrogen) atoms. The SMILES string of the molecule is COc1ccc(/C=C/C(=O)Nc2cccc(C(O)=CC(=O)C(=O)O)c2)cc1OC. The monoisotopic (exact) mass is 397 g/mol. The second-order valence-corrected chi connectivity index (χ2v) is 5.72. The smallest absolute Gasteiger partial charge is 0.376 e. The summed E-state index contributed by atoms with van der Waals surface area (Å²) < 4.78 is 10.4. The Kier molecular flexibility index (Phi) is 7.14. The molecule has 0 fully saturated rings. The van der Waals surface area contributed by atoms with Gasteiger partial charge in [0, 0.05) is 23.4 Å². The van der Waals surface area contributed by atoms with E-state index in [0.717, 1.165) is 5.56 Å². The minimum atomic E-state index is -1.68. The van der Waals surface area contributed by atoms with Crippen molar-refractivity contribution in [2.75, 3.05) is 19.5 Å². The molecular weight excluding hydrogens is 378 g/mol. The topological polar surface area (TPSA) is 122 Å². The van der Waals surface area contributed by atoms with Crippen molar-refractivity contribution in [1.82, 2.24) is 0 Å². The van der Waals surface area contributed by atoms with E-state index in [-0.39, 0.29) is 5.56 Å². The zero-order valence-electron chi connectivity index (χ0n) is 15.7. The Morgan fingerprint density at radius 2 is 1.69 bits per heavy atom. The highest BCUT2D eigenvalue weighted by atomic mass is 16.5. The van der Waals surface area contributed by atoms with Gasteiger partial charge in [-0.05, 0) is 35.9 Å². The number of rotatable bonds is 8. The highest BCUT2D eigenvalue weighted by Gasteiger charge is 2.11. The van der Waals surface area contributed by atoms with Gasteiger partial charge in [0.25, 0.3) is 5.78 Å². The van der Waals surface area contributed by atoms with Gasteiger partial charge in [0.1, 0.15) is 5.76 Å². The Balaban J connectivity index is 2.10. The first kappa shape index (κ1) is 21.2. The lowest BCUT2D eigenvalue weighted by molar-refractivity contribution is -0.146. The van der Waals surface area contributed by atoms with Gasteiger partial charge >= 0.3 is 5.97 Å². The maximum atomic E-state index is 12.1. The standard InChI is InChI=1S/C21H19NO7/c1-28-18-8-6-13(10-19(18)29-2)7-9-20(25)22-15-5-3-4-14(11-15)16(23)12-17(24)21(26)27/h3-12,23H,1-2H3,(H,22,25)(H,26,27)/b9-7+,16-12?. The van der Waals surface area contributed by atoms with Crippen LogP contribution in [-0.2, 0) is 14.4 Å². The minimum Gasteiger partial charge on any atom is -0.507 e. The van der Waals surface area contributed by atoms with Crippen molar-refractivity contribution in [1.29, 1.82) is 0 Å². The van der Waals surface area contributed by atoms with Crippen LogP contribution in [-0.4, -0.2) is 42.1 Å². The number of amides is 1. The molecule has 0 spiro atoms. The molecule has 1 amide bonds. The van der Waals surface area contributed by atoms with Crippen molar-refractivity contribution in [2.24, 2.45) is 0 Å². The Hall–Kier alpha value is -4.07. The Morgan fingerprint density at radius 1 is 0.966 bits per heavy atom. The number of ether oxygens (including phenoxy) is 2. The van der Waals surface area contributed by atoms with Gasteiger partial charge in [-0.1, -0.05) is 18.2 Å². The van der Waals surface area contributed by atoms with E-state index in [2.05, 4.69) is 5.32 Å². The van der Waals surface area contributed by atoms with Gasteiger partial charge in [0.2, 0.25) is 5.91 Å². The molecule has 2 aromatic rings. The lowest BCUT2D eigenvalue weighted by Gasteiger charge is -2.08. The van der Waals surface area contributed by atoms with E-state index in [0.29, 0.717) is 23.3 Å². The first-order valence-corrected chi connectivity index (χ1v) is 8.33. The maximum Gasteiger partial charge on any atom is 0.376 e. The second-order valence-electron chi connectivity index (χ2n) is 5.72. The van der Waals surface area contributed by atoms with Gasteiger partial charge in [0.05, 0.1) is 14.2 Å². The summed E-state index contributed by atoms with van der Waals surface area (Å²) in [6, 6.07) is 11.2. The number of aliphatic hydroxyl groups excluding tert-OH is 1. The molecule has 0 radical (unpaired) electrons. The number of ketones is 1. The van der Waals surface area contributed by atoms with E-state index < -0.39 is 23.4 Å². The molecule has 0 aromatic heterocycles. The molecule has 0 saturated carbocycles. The normalized spacial score (nSPS) is 11.2. The summed E-state index contributed by atoms with van der Waals surface area (Å²) in [4.78, 5) is 33.9. The Bertz CT molecular complexity index is 992. The van der Waals surface area contributed by atoms with Crippen molar-refractivity contribution >= 4 is 35.2 Å². The molecule has 0 heterocycles. The summed E-state index contributed by atoms with van der Waals surface area (Å²) in [7, 11) is 3.04. The summed E-state index contributed by atoms with van der Waals surface area (Å²) in [6.07, 6.45) is 3.50. The van der Waals surface area contributed by atoms with Crippen molar-refractivity contribution in [2.45, 2.75) is 0 Å². The van der Waals surface area contributed by atoms with Gasteiger partial charge in [-0.25, -0.2) is 4.79 Å². The third kappa shape index (κ3) is 5.96. The molecule has 2 rings (SSSR count). The zero-order chi connectivity index (χ0) is 21.4. The number of carbonyl (C=O) groups excluding carboxylic acids is 2. The number of aliphatic hydroxyl groups is 1. The van der Waals surface area contributed by atoms with Crippen LogP contribution < -0.4 is 14.8 Å². The fourth-order valence-electron chi connectivity index (χ4n) is 2.34. The van der Waals surface area contributed by atoms with E-state index in [1.165, 1.54) is 38.5 Å². The van der Waals surface area contributed by atoms with Crippen LogP contribution in [0.4, 0.5) is 5.69 Å². The first-order valence-electron chi connectivity index (χ1n) is 8.33. The molecule has 3 N–H and O–H groups in total. The van der Waals surface area contributed by atoms with E-state index in [1.807, 2.05) is 0 Å². The zero-order valence-corrected chi connectivity index (χ0v) is 15.7. The molecular formula is C21H19NO7. The van der Waals surface area contributed by atoms with E-state index in [9.17, 15) is 19.5 Å². The molecule has 0 aliphatic carbocycles. The van der Waals surface area contributed by atoms with Crippen molar-refractivity contribution < 1.29 is 34.1 Å². The number of hydrogen-bond acceptors (Lipinski definition) is 6. The lowest BCUT2D eigenvalue weighted by Crippen LogP contribution is -2.10. The molecule has 0 bridgehead atoms. The molecule has 0 saturated heterocycles. The van der Waals surface area contributed by atoms with Gasteiger partial charge in [-0.3, -0.25) is 9.59 Å². The fourth-order valence-corrected chi connectivity index (χ4v) is 2.34. The average Bonchev–Trinajstić information content (AvgIpc) is 2.71. The van der Waals surface area contributed by atoms with Crippen LogP contribution in [0.25, 0.3) is 11.8 Å². The fraction of sp³-hybridized carbons (Fsp3) is 0.0952. The number of methoxy groups -OCH3 is 2. The van der Waals surface area contributed by atoms with Crippen molar-refractivity contribution in [3.8, 4) is 11.5 Å². The summed E-state index contributed by atoms with van der Waals surface area (Å²) in [6.45, 7) is 0. The first-order chi connectivity index (χ1) is 13.8. The minimum absolute atomic E-state index is 0.182. The molecule has 0 atom stereocenters. The average molecular weight is 397 g/mol. The van der Waals surface area contributed by atoms with Crippen molar-refractivity contribution in [3.05, 3.63) is 65.7 Å². The van der Waals surface area contributed by atoms with E-state index in [1.54, 1.807) is 30.3 Å². The van der Waals surface area contributed by atoms with Gasteiger partial charge in [0.15, 0.2) is 11.5 Å². The number of carboxylic acids is 1. The van der Waals surface area contributed by atoms with Gasteiger partial charge < -0.3 is 25.0 Å². The maximum absolute atomic E-state index is 12.1. The van der Waals surface area contributed by atoms with Crippen LogP contribution in [0.15, 0.2) is 54.6 Å². The van der Waals surface area contributed by atoms with Crippen LogP contribution in [0.2, 0.25) is 0 Å². The predicted octanol–water partition coefficient (Wildman–Crippen LogP) is 2.91. The van der Waals surface area contributed by atoms with Crippen molar-refractivity contribution in [3.63, 3.8) is 0 Å². The molecule has 150 valence electrons. The third-order valence-electron chi connectivity index (χ3n) is 3.74. The van der Waals surface area contributed by atoms with Crippen LogP contribution in [0.1, 0.15) is 11.1 Å². The molecule has 0 aliphatic rings. The number of hydrogen-bond donors (Lipinski definition) is 3. The number of aliphatic carboxylic acids is 1. The number of anilines is 1. The summed E-state index contributed by atoms with van der Waals surface area (Å²) in [5.74, 6) is -2.78. The van der Waals surface area contributed by atoms with E-state index >= 15 is 0 Å². The third-order valence-corrected chi connectivity index (χ3v) is 3.74. The van der Waals surface area contributed by atoms with Crippen LogP contribution in [0.3, 0.4) is 0 Å². The summed E-state index contributed by atoms with van der Waals surface area (Å²) >= 11 is 0. The number of nitrogens with one attached hydrogen (secondary N) is 1. The molecule has 0 unspecified atom stereocenters. The van der Waals surface area contributed by atoms with E-state index in [4.69, 9.17) is 14.6 Å². The van der Waals surface area contributed by atoms with Crippen LogP contribution in [0.5, 0.6) is 11.5 Å². The highest BCUT2D eigenvalue weighted by molar-refractivity contribution is 6.38. The molecule has 2 aromatic carbocycles. The quantitative estimate of drug-likeness (QED) is 0.356. The van der Waals surface area contributed by atoms with Crippen LogP contribution in [0, 0.1) is 0 Å². The molecule has 0 aliphatic heterocycles. The van der Waals surface area contributed by atoms with Gasteiger partial charge in [-0.15, -0.1) is 0 Å². The molecule has 8 heteroatoms. The Labute approximate surface area is 166 Å². The van der Waals surface area contributed by atoms with Crippen LogP contribution >= 0.6 is 0 Å². The number of carbonyl (C=O) groups is 3. The second kappa shape index (κ2) is 9.75.